The number of rotatable bonds is 2. The standard InChI is InChI=1S/C11H8F2N2O3/c1-7(16)14-4-2-3-8-5-9(12)6-10(13)11(8)15(17)18/h5-6H,4H2,1H3,(H,14,16). The van der Waals surface area contributed by atoms with Crippen molar-refractivity contribution in [3.8, 4) is 11.8 Å². The van der Waals surface area contributed by atoms with E-state index < -0.39 is 22.2 Å². The molecule has 0 aliphatic rings. The van der Waals surface area contributed by atoms with Gasteiger partial charge in [-0.3, -0.25) is 14.9 Å². The van der Waals surface area contributed by atoms with Gasteiger partial charge in [-0.15, -0.1) is 0 Å². The first kappa shape index (κ1) is 13.6. The third kappa shape index (κ3) is 3.52. The van der Waals surface area contributed by atoms with Crippen molar-refractivity contribution in [2.24, 2.45) is 0 Å². The Hall–Kier alpha value is -2.49. The molecule has 1 rings (SSSR count). The average Bonchev–Trinajstić information content (AvgIpc) is 2.22. The molecule has 0 saturated carbocycles. The van der Waals surface area contributed by atoms with Gasteiger partial charge in [0, 0.05) is 13.0 Å². The SMILES string of the molecule is CC(=O)NCC#Cc1cc(F)cc(F)c1[N+](=O)[O-]. The van der Waals surface area contributed by atoms with Crippen LogP contribution in [0.3, 0.4) is 0 Å². The largest absolute Gasteiger partial charge is 0.345 e. The molecule has 0 fully saturated rings. The third-order valence-electron chi connectivity index (χ3n) is 1.86. The number of carbonyl (C=O) groups excluding carboxylic acids is 1. The fraction of sp³-hybridized carbons (Fsp3) is 0.182. The Labute approximate surface area is 101 Å². The van der Waals surface area contributed by atoms with Gasteiger partial charge in [0.2, 0.25) is 11.7 Å². The van der Waals surface area contributed by atoms with Crippen molar-refractivity contribution in [2.75, 3.05) is 6.54 Å². The van der Waals surface area contributed by atoms with E-state index in [0.717, 1.165) is 6.07 Å². The van der Waals surface area contributed by atoms with Gasteiger partial charge in [-0.2, -0.15) is 4.39 Å². The predicted octanol–water partition coefficient (Wildman–Crippen LogP) is 1.36. The monoisotopic (exact) mass is 254 g/mol. The lowest BCUT2D eigenvalue weighted by Gasteiger charge is -1.98. The lowest BCUT2D eigenvalue weighted by Crippen LogP contribution is -2.19. The number of benzene rings is 1. The van der Waals surface area contributed by atoms with E-state index in [9.17, 15) is 23.7 Å². The predicted molar refractivity (Wildman–Crippen MR) is 58.6 cm³/mol. The molecule has 0 radical (unpaired) electrons. The zero-order chi connectivity index (χ0) is 13.7. The molecule has 0 bridgehead atoms. The number of nitrogens with one attached hydrogen (secondary N) is 1. The average molecular weight is 254 g/mol. The number of halogens is 2. The molecule has 0 aromatic heterocycles. The summed E-state index contributed by atoms with van der Waals surface area (Å²) in [5.41, 5.74) is -1.26. The van der Waals surface area contributed by atoms with Crippen LogP contribution in [0.4, 0.5) is 14.5 Å². The van der Waals surface area contributed by atoms with Gasteiger partial charge in [0.15, 0.2) is 0 Å². The summed E-state index contributed by atoms with van der Waals surface area (Å²) >= 11 is 0. The quantitative estimate of drug-likeness (QED) is 0.492. The molecule has 1 aromatic carbocycles. The van der Waals surface area contributed by atoms with Crippen LogP contribution in [0.5, 0.6) is 0 Å². The lowest BCUT2D eigenvalue weighted by atomic mass is 10.1. The van der Waals surface area contributed by atoms with Gasteiger partial charge in [0.1, 0.15) is 11.4 Å². The summed E-state index contributed by atoms with van der Waals surface area (Å²) in [6.45, 7) is 1.20. The van der Waals surface area contributed by atoms with E-state index in [1.54, 1.807) is 0 Å². The number of amides is 1. The van der Waals surface area contributed by atoms with Crippen LogP contribution >= 0.6 is 0 Å². The number of nitro groups is 1. The van der Waals surface area contributed by atoms with Crippen LogP contribution in [-0.4, -0.2) is 17.4 Å². The van der Waals surface area contributed by atoms with Crippen molar-refractivity contribution in [3.05, 3.63) is 39.4 Å². The highest BCUT2D eigenvalue weighted by Gasteiger charge is 2.20. The molecule has 94 valence electrons. The minimum atomic E-state index is -1.29. The Balaban J connectivity index is 3.07. The molecule has 0 spiro atoms. The molecule has 0 heterocycles. The van der Waals surface area contributed by atoms with Gasteiger partial charge in [-0.1, -0.05) is 11.8 Å². The smallest absolute Gasteiger partial charge is 0.320 e. The molecular weight excluding hydrogens is 246 g/mol. The van der Waals surface area contributed by atoms with Gasteiger partial charge >= 0.3 is 5.69 Å². The molecule has 0 saturated heterocycles. The number of hydrogen-bond donors (Lipinski definition) is 1. The molecule has 0 atom stereocenters. The van der Waals surface area contributed by atoms with Gasteiger partial charge in [-0.05, 0) is 6.07 Å². The third-order valence-corrected chi connectivity index (χ3v) is 1.86. The summed E-state index contributed by atoms with van der Waals surface area (Å²) in [6, 6.07) is 1.18. The zero-order valence-corrected chi connectivity index (χ0v) is 9.29. The zero-order valence-electron chi connectivity index (χ0n) is 9.29. The second-order valence-corrected chi connectivity index (χ2v) is 3.25. The first-order valence-electron chi connectivity index (χ1n) is 4.78. The Morgan fingerprint density at radius 2 is 2.17 bits per heavy atom. The van der Waals surface area contributed by atoms with Crippen LogP contribution in [-0.2, 0) is 4.79 Å². The van der Waals surface area contributed by atoms with E-state index in [2.05, 4.69) is 17.2 Å². The fourth-order valence-corrected chi connectivity index (χ4v) is 1.15. The molecule has 1 amide bonds. The topological polar surface area (TPSA) is 72.2 Å². The number of hydrogen-bond acceptors (Lipinski definition) is 3. The van der Waals surface area contributed by atoms with E-state index in [-0.39, 0.29) is 18.0 Å². The van der Waals surface area contributed by atoms with E-state index in [0.29, 0.717) is 6.07 Å². The maximum absolute atomic E-state index is 13.2. The first-order chi connectivity index (χ1) is 8.41. The van der Waals surface area contributed by atoms with E-state index in [1.165, 1.54) is 6.92 Å². The maximum atomic E-state index is 13.2. The first-order valence-corrected chi connectivity index (χ1v) is 4.78. The summed E-state index contributed by atoms with van der Waals surface area (Å²) in [6.07, 6.45) is 0. The van der Waals surface area contributed by atoms with Crippen molar-refractivity contribution in [3.63, 3.8) is 0 Å². The molecule has 5 nitrogen and oxygen atoms in total. The molecule has 1 aromatic rings. The molecule has 0 aliphatic carbocycles. The summed E-state index contributed by atoms with van der Waals surface area (Å²) in [5, 5.41) is 12.9. The minimum absolute atomic E-state index is 0.0649. The van der Waals surface area contributed by atoms with Crippen LogP contribution in [0.1, 0.15) is 12.5 Å². The highest BCUT2D eigenvalue weighted by molar-refractivity contribution is 5.73. The van der Waals surface area contributed by atoms with E-state index >= 15 is 0 Å². The van der Waals surface area contributed by atoms with Crippen LogP contribution in [0, 0.1) is 33.6 Å². The Bertz CT molecular complexity index is 561. The second-order valence-electron chi connectivity index (χ2n) is 3.25. The van der Waals surface area contributed by atoms with Crippen LogP contribution in [0.25, 0.3) is 0 Å². The van der Waals surface area contributed by atoms with E-state index in [4.69, 9.17) is 0 Å². The number of nitro benzene ring substituents is 1. The summed E-state index contributed by atoms with van der Waals surface area (Å²) in [5.74, 6) is 2.03. The lowest BCUT2D eigenvalue weighted by molar-refractivity contribution is -0.387. The summed E-state index contributed by atoms with van der Waals surface area (Å²) in [4.78, 5) is 20.2. The van der Waals surface area contributed by atoms with Crippen molar-refractivity contribution in [1.82, 2.24) is 5.32 Å². The van der Waals surface area contributed by atoms with Crippen LogP contribution in [0.15, 0.2) is 12.1 Å². The van der Waals surface area contributed by atoms with Crippen molar-refractivity contribution in [1.29, 1.82) is 0 Å². The second kappa shape index (κ2) is 5.72. The van der Waals surface area contributed by atoms with Gasteiger partial charge in [0.25, 0.3) is 0 Å². The molecule has 0 unspecified atom stereocenters. The fourth-order valence-electron chi connectivity index (χ4n) is 1.15. The molecule has 18 heavy (non-hydrogen) atoms. The highest BCUT2D eigenvalue weighted by atomic mass is 19.1. The van der Waals surface area contributed by atoms with Crippen molar-refractivity contribution in [2.45, 2.75) is 6.92 Å². The van der Waals surface area contributed by atoms with Crippen LogP contribution < -0.4 is 5.32 Å². The van der Waals surface area contributed by atoms with Crippen LogP contribution in [0.2, 0.25) is 0 Å². The minimum Gasteiger partial charge on any atom is -0.345 e. The normalized spacial score (nSPS) is 9.28. The van der Waals surface area contributed by atoms with Gasteiger partial charge < -0.3 is 5.32 Å². The number of carbonyl (C=O) groups is 1. The van der Waals surface area contributed by atoms with Crippen molar-refractivity contribution < 1.29 is 18.5 Å². The summed E-state index contributed by atoms with van der Waals surface area (Å²) < 4.78 is 26.1. The highest BCUT2D eigenvalue weighted by Crippen LogP contribution is 2.22. The van der Waals surface area contributed by atoms with Crippen molar-refractivity contribution >= 4 is 11.6 Å². The maximum Gasteiger partial charge on any atom is 0.320 e. The molecule has 1 N–H and O–H groups in total. The summed E-state index contributed by atoms with van der Waals surface area (Å²) in [7, 11) is 0. The van der Waals surface area contributed by atoms with E-state index in [1.807, 2.05) is 0 Å². The molecule has 0 aliphatic heterocycles. The number of nitrogens with zero attached hydrogens (tertiary/aromatic N) is 1. The van der Waals surface area contributed by atoms with Gasteiger partial charge in [0.05, 0.1) is 11.5 Å². The Morgan fingerprint density at radius 3 is 2.72 bits per heavy atom. The Kier molecular flexibility index (Phi) is 4.32. The Morgan fingerprint density at radius 1 is 1.50 bits per heavy atom. The molecular formula is C11H8F2N2O3. The molecule has 7 heteroatoms. The van der Waals surface area contributed by atoms with Gasteiger partial charge in [-0.25, -0.2) is 4.39 Å².